The number of nitrogens with one attached hydrogen (secondary N) is 1. The first-order valence-electron chi connectivity index (χ1n) is 10.7. The zero-order valence-corrected chi connectivity index (χ0v) is 21.1. The van der Waals surface area contributed by atoms with E-state index in [0.29, 0.717) is 38.5 Å². The predicted octanol–water partition coefficient (Wildman–Crippen LogP) is 3.02. The number of benzene rings is 1. The molecule has 10 heteroatoms. The molecule has 3 heterocycles. The van der Waals surface area contributed by atoms with Crippen LogP contribution >= 0.6 is 24.0 Å². The molecule has 176 valence electrons. The first-order chi connectivity index (χ1) is 15.7. The molecule has 1 aliphatic rings. The fourth-order valence-electron chi connectivity index (χ4n) is 3.58. The maximum absolute atomic E-state index is 12.5. The van der Waals surface area contributed by atoms with Gasteiger partial charge in [-0.05, 0) is 49.4 Å². The van der Waals surface area contributed by atoms with Crippen LogP contribution in [-0.2, 0) is 6.54 Å². The summed E-state index contributed by atoms with van der Waals surface area (Å²) in [6.45, 7) is 5.94. The molecular formula is C23H29IN6O3. The highest BCUT2D eigenvalue weighted by atomic mass is 127. The summed E-state index contributed by atoms with van der Waals surface area (Å²) < 4.78 is 12.3. The molecule has 1 fully saturated rings. The number of aliphatic imine (C=N–C) groups is 1. The minimum atomic E-state index is -0.0688. The number of aromatic nitrogens is 2. The van der Waals surface area contributed by atoms with Gasteiger partial charge in [0.1, 0.15) is 5.75 Å². The second-order valence-electron chi connectivity index (χ2n) is 7.38. The van der Waals surface area contributed by atoms with Crippen LogP contribution in [0.25, 0.3) is 5.69 Å². The number of carbonyl (C=O) groups excluding carboxylic acids is 1. The average Bonchev–Trinajstić information content (AvgIpc) is 3.54. The summed E-state index contributed by atoms with van der Waals surface area (Å²) in [5.41, 5.74) is 1.84. The Morgan fingerprint density at radius 1 is 1.12 bits per heavy atom. The van der Waals surface area contributed by atoms with Gasteiger partial charge in [-0.15, -0.1) is 24.0 Å². The number of guanidine groups is 1. The Morgan fingerprint density at radius 2 is 1.85 bits per heavy atom. The standard InChI is InChI=1S/C23H28N6O3.HI/c1-3-24-23(28-14-12-27(13-15-28)22(30)21-5-4-16-32-21)25-17-18-10-11-29(26-18)19-6-8-20(31-2)9-7-19;/h4-11,16H,3,12-15,17H2,1-2H3,(H,24,25);1H. The van der Waals surface area contributed by atoms with Crippen LogP contribution in [0, 0.1) is 0 Å². The van der Waals surface area contributed by atoms with E-state index in [9.17, 15) is 4.79 Å². The Bertz CT molecular complexity index is 1040. The molecule has 1 N–H and O–H groups in total. The van der Waals surface area contributed by atoms with Crippen molar-refractivity contribution in [2.75, 3.05) is 39.8 Å². The third-order valence-electron chi connectivity index (χ3n) is 5.31. The normalized spacial score (nSPS) is 14.1. The Balaban J connectivity index is 0.00000306. The number of furan rings is 1. The molecule has 1 amide bonds. The molecule has 0 aliphatic carbocycles. The van der Waals surface area contributed by atoms with E-state index in [0.717, 1.165) is 29.6 Å². The van der Waals surface area contributed by atoms with Crippen molar-refractivity contribution in [3.8, 4) is 11.4 Å². The van der Waals surface area contributed by atoms with Crippen molar-refractivity contribution in [3.63, 3.8) is 0 Å². The van der Waals surface area contributed by atoms with E-state index < -0.39 is 0 Å². The molecule has 0 radical (unpaired) electrons. The van der Waals surface area contributed by atoms with Crippen molar-refractivity contribution in [3.05, 3.63) is 66.4 Å². The van der Waals surface area contributed by atoms with Crippen LogP contribution in [0.4, 0.5) is 0 Å². The summed E-state index contributed by atoms with van der Waals surface area (Å²) in [5.74, 6) is 1.95. The number of nitrogens with zero attached hydrogens (tertiary/aromatic N) is 5. The van der Waals surface area contributed by atoms with Crippen molar-refractivity contribution >= 4 is 35.8 Å². The number of rotatable bonds is 6. The van der Waals surface area contributed by atoms with Crippen LogP contribution in [0.1, 0.15) is 23.2 Å². The minimum Gasteiger partial charge on any atom is -0.497 e. The average molecular weight is 564 g/mol. The van der Waals surface area contributed by atoms with Crippen molar-refractivity contribution in [2.45, 2.75) is 13.5 Å². The molecule has 0 atom stereocenters. The summed E-state index contributed by atoms with van der Waals surface area (Å²) in [7, 11) is 1.65. The van der Waals surface area contributed by atoms with E-state index in [1.165, 1.54) is 6.26 Å². The predicted molar refractivity (Wildman–Crippen MR) is 137 cm³/mol. The molecule has 1 aliphatic heterocycles. The van der Waals surface area contributed by atoms with Crippen LogP contribution in [0.15, 0.2) is 64.3 Å². The van der Waals surface area contributed by atoms with E-state index in [-0.39, 0.29) is 29.9 Å². The van der Waals surface area contributed by atoms with Gasteiger partial charge in [-0.1, -0.05) is 0 Å². The number of amides is 1. The lowest BCUT2D eigenvalue weighted by Crippen LogP contribution is -2.53. The van der Waals surface area contributed by atoms with Crippen molar-refractivity contribution in [1.29, 1.82) is 0 Å². The maximum Gasteiger partial charge on any atom is 0.289 e. The molecule has 4 rings (SSSR count). The smallest absolute Gasteiger partial charge is 0.289 e. The fourth-order valence-corrected chi connectivity index (χ4v) is 3.58. The Kier molecular flexibility index (Phi) is 8.75. The van der Waals surface area contributed by atoms with Crippen molar-refractivity contribution < 1.29 is 13.9 Å². The zero-order chi connectivity index (χ0) is 22.3. The number of halogens is 1. The lowest BCUT2D eigenvalue weighted by Gasteiger charge is -2.36. The summed E-state index contributed by atoms with van der Waals surface area (Å²) in [6.07, 6.45) is 3.45. The van der Waals surface area contributed by atoms with Gasteiger partial charge < -0.3 is 24.3 Å². The van der Waals surface area contributed by atoms with E-state index in [4.69, 9.17) is 14.1 Å². The molecule has 0 unspecified atom stereocenters. The highest BCUT2D eigenvalue weighted by Crippen LogP contribution is 2.15. The SMILES string of the molecule is CCNC(=NCc1ccn(-c2ccc(OC)cc2)n1)N1CCN(C(=O)c2ccco2)CC1.I. The van der Waals surface area contributed by atoms with E-state index in [1.807, 2.05) is 53.0 Å². The summed E-state index contributed by atoms with van der Waals surface area (Å²) in [5, 5.41) is 7.99. The van der Waals surface area contributed by atoms with Crippen molar-refractivity contribution in [1.82, 2.24) is 24.9 Å². The van der Waals surface area contributed by atoms with Gasteiger partial charge in [-0.3, -0.25) is 4.79 Å². The Morgan fingerprint density at radius 3 is 2.48 bits per heavy atom. The van der Waals surface area contributed by atoms with Gasteiger partial charge in [0.15, 0.2) is 11.7 Å². The van der Waals surface area contributed by atoms with E-state index in [1.54, 1.807) is 19.2 Å². The number of methoxy groups -OCH3 is 1. The van der Waals surface area contributed by atoms with E-state index in [2.05, 4.69) is 15.3 Å². The van der Waals surface area contributed by atoms with Crippen LogP contribution in [0.2, 0.25) is 0 Å². The quantitative estimate of drug-likeness (QED) is 0.282. The summed E-state index contributed by atoms with van der Waals surface area (Å²) >= 11 is 0. The highest BCUT2D eigenvalue weighted by Gasteiger charge is 2.25. The fraction of sp³-hybridized carbons (Fsp3) is 0.348. The molecule has 1 saturated heterocycles. The Labute approximate surface area is 210 Å². The van der Waals surface area contributed by atoms with Crippen LogP contribution in [0.3, 0.4) is 0 Å². The maximum atomic E-state index is 12.5. The molecular weight excluding hydrogens is 535 g/mol. The highest BCUT2D eigenvalue weighted by molar-refractivity contribution is 14.0. The first-order valence-corrected chi connectivity index (χ1v) is 10.7. The van der Waals surface area contributed by atoms with Crippen LogP contribution in [0.5, 0.6) is 5.75 Å². The van der Waals surface area contributed by atoms with Crippen LogP contribution in [-0.4, -0.2) is 71.3 Å². The van der Waals surface area contributed by atoms with E-state index >= 15 is 0 Å². The third-order valence-corrected chi connectivity index (χ3v) is 5.31. The number of carbonyl (C=O) groups is 1. The number of hydrogen-bond donors (Lipinski definition) is 1. The lowest BCUT2D eigenvalue weighted by molar-refractivity contribution is 0.0657. The second-order valence-corrected chi connectivity index (χ2v) is 7.38. The molecule has 33 heavy (non-hydrogen) atoms. The van der Waals surface area contributed by atoms with Gasteiger partial charge in [-0.25, -0.2) is 9.67 Å². The minimum absolute atomic E-state index is 0. The van der Waals surface area contributed by atoms with Gasteiger partial charge in [0.2, 0.25) is 0 Å². The van der Waals surface area contributed by atoms with Crippen LogP contribution < -0.4 is 10.1 Å². The van der Waals surface area contributed by atoms with Crippen molar-refractivity contribution in [2.24, 2.45) is 4.99 Å². The summed E-state index contributed by atoms with van der Waals surface area (Å²) in [6, 6.07) is 13.2. The Hall–Kier alpha value is -3.02. The van der Waals surface area contributed by atoms with Gasteiger partial charge in [0.25, 0.3) is 5.91 Å². The van der Waals surface area contributed by atoms with Gasteiger partial charge in [0.05, 0.1) is 31.3 Å². The van der Waals surface area contributed by atoms with Gasteiger partial charge in [0, 0.05) is 38.9 Å². The molecule has 0 bridgehead atoms. The molecule has 1 aromatic carbocycles. The molecule has 3 aromatic rings. The topological polar surface area (TPSA) is 88.1 Å². The second kappa shape index (κ2) is 11.7. The number of ether oxygens (including phenoxy) is 1. The third kappa shape index (κ3) is 6.06. The monoisotopic (exact) mass is 564 g/mol. The molecule has 9 nitrogen and oxygen atoms in total. The number of piperazine rings is 1. The largest absolute Gasteiger partial charge is 0.497 e. The molecule has 0 spiro atoms. The van der Waals surface area contributed by atoms with Gasteiger partial charge in [-0.2, -0.15) is 5.10 Å². The number of hydrogen-bond acceptors (Lipinski definition) is 5. The summed E-state index contributed by atoms with van der Waals surface area (Å²) in [4.78, 5) is 21.2. The molecule has 2 aromatic heterocycles. The lowest BCUT2D eigenvalue weighted by atomic mass is 10.3. The zero-order valence-electron chi connectivity index (χ0n) is 18.8. The van der Waals surface area contributed by atoms with Gasteiger partial charge >= 0.3 is 0 Å². The first kappa shape index (κ1) is 24.6. The molecule has 0 saturated carbocycles.